The summed E-state index contributed by atoms with van der Waals surface area (Å²) in [5, 5.41) is 29.5. The van der Waals surface area contributed by atoms with E-state index in [1.807, 2.05) is 0 Å². The third-order valence-corrected chi connectivity index (χ3v) is 3.54. The molecular formula is C16H14O6. The van der Waals surface area contributed by atoms with Gasteiger partial charge in [0.15, 0.2) is 12.2 Å². The van der Waals surface area contributed by atoms with E-state index in [1.165, 1.54) is 13.2 Å². The second-order valence-corrected chi connectivity index (χ2v) is 4.96. The van der Waals surface area contributed by atoms with Gasteiger partial charge in [0.1, 0.15) is 28.6 Å². The van der Waals surface area contributed by atoms with E-state index >= 15 is 0 Å². The number of rotatable bonds is 2. The van der Waals surface area contributed by atoms with Crippen LogP contribution in [0.1, 0.15) is 22.0 Å². The Labute approximate surface area is 126 Å². The second kappa shape index (κ2) is 5.23. The smallest absolute Gasteiger partial charge is 0.202 e. The zero-order valence-electron chi connectivity index (χ0n) is 11.7. The van der Waals surface area contributed by atoms with Crippen LogP contribution >= 0.6 is 0 Å². The Bertz CT molecular complexity index is 739. The zero-order chi connectivity index (χ0) is 15.9. The van der Waals surface area contributed by atoms with E-state index < -0.39 is 23.7 Å². The molecule has 2 atom stereocenters. The normalized spacial score (nSPS) is 20.2. The number of aliphatic hydroxyl groups excluding tert-OH is 1. The van der Waals surface area contributed by atoms with Gasteiger partial charge >= 0.3 is 0 Å². The molecule has 0 spiro atoms. The number of methoxy groups -OCH3 is 1. The van der Waals surface area contributed by atoms with E-state index in [0.29, 0.717) is 11.3 Å². The molecule has 3 rings (SSSR count). The fourth-order valence-corrected chi connectivity index (χ4v) is 2.48. The number of carbonyl (C=O) groups is 1. The molecule has 6 heteroatoms. The molecule has 0 fully saturated rings. The first-order chi connectivity index (χ1) is 10.5. The highest BCUT2D eigenvalue weighted by Crippen LogP contribution is 2.42. The van der Waals surface area contributed by atoms with Crippen LogP contribution in [-0.4, -0.2) is 34.3 Å². The molecule has 2 aromatic rings. The minimum Gasteiger partial charge on any atom is -0.508 e. The predicted molar refractivity (Wildman–Crippen MR) is 76.5 cm³/mol. The van der Waals surface area contributed by atoms with Gasteiger partial charge in [0, 0.05) is 12.1 Å². The van der Waals surface area contributed by atoms with E-state index in [-0.39, 0.29) is 17.1 Å². The first kappa shape index (κ1) is 14.2. The van der Waals surface area contributed by atoms with Crippen LogP contribution in [0.3, 0.4) is 0 Å². The van der Waals surface area contributed by atoms with Crippen LogP contribution < -0.4 is 9.47 Å². The third-order valence-electron chi connectivity index (χ3n) is 3.54. The van der Waals surface area contributed by atoms with Crippen LogP contribution in [0.5, 0.6) is 23.0 Å². The largest absolute Gasteiger partial charge is 0.508 e. The van der Waals surface area contributed by atoms with Crippen LogP contribution in [0, 0.1) is 0 Å². The quantitative estimate of drug-likeness (QED) is 0.782. The van der Waals surface area contributed by atoms with Gasteiger partial charge in [-0.3, -0.25) is 4.79 Å². The zero-order valence-corrected chi connectivity index (χ0v) is 11.7. The van der Waals surface area contributed by atoms with Crippen molar-refractivity contribution in [3.05, 3.63) is 47.5 Å². The maximum atomic E-state index is 12.3. The molecule has 0 aromatic heterocycles. The molecule has 2 aromatic carbocycles. The molecule has 3 N–H and O–H groups in total. The number of aliphatic hydroxyl groups is 1. The second-order valence-electron chi connectivity index (χ2n) is 4.96. The van der Waals surface area contributed by atoms with Crippen molar-refractivity contribution in [1.82, 2.24) is 0 Å². The summed E-state index contributed by atoms with van der Waals surface area (Å²) in [4.78, 5) is 12.3. The number of ether oxygens (including phenoxy) is 2. The Morgan fingerprint density at radius 3 is 2.68 bits per heavy atom. The molecule has 6 nitrogen and oxygen atoms in total. The van der Waals surface area contributed by atoms with Crippen molar-refractivity contribution in [1.29, 1.82) is 0 Å². The lowest BCUT2D eigenvalue weighted by atomic mass is 9.93. The molecule has 114 valence electrons. The number of aromatic hydroxyl groups is 2. The number of phenolic OH excluding ortho intramolecular Hbond substituents is 2. The van der Waals surface area contributed by atoms with Crippen LogP contribution in [0.15, 0.2) is 36.4 Å². The van der Waals surface area contributed by atoms with Gasteiger partial charge in [0.05, 0.1) is 7.11 Å². The Balaban J connectivity index is 2.06. The molecule has 0 saturated carbocycles. The fourth-order valence-electron chi connectivity index (χ4n) is 2.48. The summed E-state index contributed by atoms with van der Waals surface area (Å²) in [7, 11) is 1.51. The standard InChI is InChI=1S/C16H14O6/c1-21-10-4-2-3-8(5-10)16-15(20)14(19)13-11(18)6-9(17)7-12(13)22-16/h2-7,15-18,20H,1H3/t15-,16+/m1/s1. The number of phenols is 2. The molecule has 0 amide bonds. The van der Waals surface area contributed by atoms with Crippen LogP contribution in [0.4, 0.5) is 0 Å². The predicted octanol–water partition coefficient (Wildman–Crippen LogP) is 1.78. The first-order valence-corrected chi connectivity index (χ1v) is 6.60. The van der Waals surface area contributed by atoms with E-state index in [2.05, 4.69) is 0 Å². The van der Waals surface area contributed by atoms with Crippen molar-refractivity contribution in [3.8, 4) is 23.0 Å². The van der Waals surface area contributed by atoms with Crippen LogP contribution in [-0.2, 0) is 0 Å². The highest BCUT2D eigenvalue weighted by atomic mass is 16.5. The first-order valence-electron chi connectivity index (χ1n) is 6.60. The molecule has 1 heterocycles. The average Bonchev–Trinajstić information content (AvgIpc) is 2.50. The minimum atomic E-state index is -1.46. The van der Waals surface area contributed by atoms with Crippen LogP contribution in [0.25, 0.3) is 0 Å². The number of fused-ring (bicyclic) bond motifs is 1. The number of hydrogen-bond acceptors (Lipinski definition) is 6. The maximum Gasteiger partial charge on any atom is 0.202 e. The highest BCUT2D eigenvalue weighted by Gasteiger charge is 2.39. The Morgan fingerprint density at radius 2 is 1.95 bits per heavy atom. The molecule has 0 aliphatic carbocycles. The van der Waals surface area contributed by atoms with E-state index in [9.17, 15) is 20.1 Å². The van der Waals surface area contributed by atoms with Crippen molar-refractivity contribution >= 4 is 5.78 Å². The van der Waals surface area contributed by atoms with Crippen LogP contribution in [0.2, 0.25) is 0 Å². The number of ketones is 1. The molecule has 0 unspecified atom stereocenters. The Kier molecular flexibility index (Phi) is 3.38. The fraction of sp³-hybridized carbons (Fsp3) is 0.188. The van der Waals surface area contributed by atoms with Gasteiger partial charge in [-0.15, -0.1) is 0 Å². The summed E-state index contributed by atoms with van der Waals surface area (Å²) in [5.41, 5.74) is 0.415. The van der Waals surface area contributed by atoms with Gasteiger partial charge in [-0.2, -0.15) is 0 Å². The number of Topliss-reactive ketones (excluding diaryl/α,β-unsaturated/α-hetero) is 1. The van der Waals surface area contributed by atoms with Crippen molar-refractivity contribution in [2.75, 3.05) is 7.11 Å². The number of benzene rings is 2. The summed E-state index contributed by atoms with van der Waals surface area (Å²) in [6.45, 7) is 0. The summed E-state index contributed by atoms with van der Waals surface area (Å²) < 4.78 is 10.7. The Morgan fingerprint density at radius 1 is 1.18 bits per heavy atom. The highest BCUT2D eigenvalue weighted by molar-refractivity contribution is 6.05. The van der Waals surface area contributed by atoms with E-state index in [0.717, 1.165) is 6.07 Å². The summed E-state index contributed by atoms with van der Waals surface area (Å²) in [6.07, 6.45) is -2.41. The molecular weight excluding hydrogens is 288 g/mol. The van der Waals surface area contributed by atoms with Gasteiger partial charge in [-0.25, -0.2) is 0 Å². The van der Waals surface area contributed by atoms with Gasteiger partial charge in [0.25, 0.3) is 0 Å². The summed E-state index contributed by atoms with van der Waals surface area (Å²) in [5.74, 6) is -0.731. The molecule has 1 aliphatic rings. The molecule has 0 radical (unpaired) electrons. The Hall–Kier alpha value is -2.73. The number of carbonyl (C=O) groups excluding carboxylic acids is 1. The van der Waals surface area contributed by atoms with Gasteiger partial charge < -0.3 is 24.8 Å². The van der Waals surface area contributed by atoms with Gasteiger partial charge in [0.2, 0.25) is 5.78 Å². The molecule has 1 aliphatic heterocycles. The lowest BCUT2D eigenvalue weighted by Gasteiger charge is -2.30. The van der Waals surface area contributed by atoms with E-state index in [4.69, 9.17) is 9.47 Å². The van der Waals surface area contributed by atoms with Gasteiger partial charge in [-0.1, -0.05) is 12.1 Å². The maximum absolute atomic E-state index is 12.3. The molecule has 0 saturated heterocycles. The van der Waals surface area contributed by atoms with Crippen molar-refractivity contribution in [2.24, 2.45) is 0 Å². The molecule has 22 heavy (non-hydrogen) atoms. The molecule has 0 bridgehead atoms. The van der Waals surface area contributed by atoms with E-state index in [1.54, 1.807) is 24.3 Å². The lowest BCUT2D eigenvalue weighted by Crippen LogP contribution is -2.36. The van der Waals surface area contributed by atoms with Crippen molar-refractivity contribution in [2.45, 2.75) is 12.2 Å². The summed E-state index contributed by atoms with van der Waals surface area (Å²) >= 11 is 0. The summed E-state index contributed by atoms with van der Waals surface area (Å²) in [6, 6.07) is 9.03. The third kappa shape index (κ3) is 2.23. The average molecular weight is 302 g/mol. The topological polar surface area (TPSA) is 96.2 Å². The SMILES string of the molecule is COc1cccc([C@@H]2Oc3cc(O)cc(O)c3C(=O)[C@H]2O)c1. The minimum absolute atomic E-state index is 0.0284. The monoisotopic (exact) mass is 302 g/mol. The van der Waals surface area contributed by atoms with Crippen molar-refractivity contribution < 1.29 is 29.6 Å². The van der Waals surface area contributed by atoms with Crippen molar-refractivity contribution in [3.63, 3.8) is 0 Å². The van der Waals surface area contributed by atoms with Gasteiger partial charge in [-0.05, 0) is 17.7 Å². The number of hydrogen-bond donors (Lipinski definition) is 3. The lowest BCUT2D eigenvalue weighted by molar-refractivity contribution is 0.0210.